The Morgan fingerprint density at radius 3 is 2.50 bits per heavy atom. The minimum atomic E-state index is -4.71. The van der Waals surface area contributed by atoms with Crippen LogP contribution >= 0.6 is 0 Å². The monoisotopic (exact) mass is 285 g/mol. The predicted molar refractivity (Wildman–Crippen MR) is 66.6 cm³/mol. The highest BCUT2D eigenvalue weighted by atomic mass is 19.4. The lowest BCUT2D eigenvalue weighted by atomic mass is 10.1. The molecular weight excluding hydrogens is 274 g/mol. The number of alkyl halides is 3. The van der Waals surface area contributed by atoms with E-state index in [0.29, 0.717) is 24.1 Å². The van der Waals surface area contributed by atoms with Gasteiger partial charge in [0, 0.05) is 18.2 Å². The van der Waals surface area contributed by atoms with Gasteiger partial charge in [0.2, 0.25) is 0 Å². The predicted octanol–water partition coefficient (Wildman–Crippen LogP) is 3.73. The maximum Gasteiger partial charge on any atom is 0.419 e. The third-order valence-corrected chi connectivity index (χ3v) is 2.60. The smallest absolute Gasteiger partial charge is 0.370 e. The highest BCUT2D eigenvalue weighted by molar-refractivity contribution is 5.62. The molecule has 1 N–H and O–H groups in total. The molecule has 0 fully saturated rings. The third kappa shape index (κ3) is 3.04. The van der Waals surface area contributed by atoms with E-state index in [2.05, 4.69) is 15.3 Å². The third-order valence-electron chi connectivity index (χ3n) is 2.60. The zero-order valence-electron chi connectivity index (χ0n) is 10.5. The van der Waals surface area contributed by atoms with Crippen LogP contribution in [-0.4, -0.2) is 16.5 Å². The summed E-state index contributed by atoms with van der Waals surface area (Å²) < 4.78 is 50.9. The topological polar surface area (TPSA) is 37.8 Å². The first kappa shape index (κ1) is 14.2. The molecule has 1 heterocycles. The standard InChI is InChI=1S/C13H11F4N3/c1-2-18-12-6-11(19-7-20-12)8-3-4-9(10(14)5-8)13(15,16)17/h3-7H,2H2,1H3,(H,18,19,20). The Bertz CT molecular complexity index is 611. The first-order chi connectivity index (χ1) is 9.41. The van der Waals surface area contributed by atoms with Gasteiger partial charge < -0.3 is 5.32 Å². The number of nitrogens with zero attached hydrogens (tertiary/aromatic N) is 2. The van der Waals surface area contributed by atoms with Crippen molar-refractivity contribution in [2.45, 2.75) is 13.1 Å². The lowest BCUT2D eigenvalue weighted by Gasteiger charge is -2.09. The molecular formula is C13H11F4N3. The largest absolute Gasteiger partial charge is 0.419 e. The summed E-state index contributed by atoms with van der Waals surface area (Å²) in [5.41, 5.74) is -0.678. The van der Waals surface area contributed by atoms with Crippen LogP contribution in [0, 0.1) is 5.82 Å². The summed E-state index contributed by atoms with van der Waals surface area (Å²) in [6, 6.07) is 4.26. The fraction of sp³-hybridized carbons (Fsp3) is 0.231. The van der Waals surface area contributed by atoms with Gasteiger partial charge in [0.1, 0.15) is 18.0 Å². The van der Waals surface area contributed by atoms with Gasteiger partial charge in [-0.2, -0.15) is 13.2 Å². The molecule has 0 aliphatic rings. The molecule has 1 aromatic heterocycles. The molecule has 0 radical (unpaired) electrons. The maximum absolute atomic E-state index is 13.5. The molecule has 2 aromatic rings. The van der Waals surface area contributed by atoms with E-state index in [1.807, 2.05) is 6.92 Å². The molecule has 2 rings (SSSR count). The van der Waals surface area contributed by atoms with Gasteiger partial charge in [-0.25, -0.2) is 14.4 Å². The van der Waals surface area contributed by atoms with E-state index in [1.54, 1.807) is 6.07 Å². The van der Waals surface area contributed by atoms with Crippen molar-refractivity contribution in [3.8, 4) is 11.3 Å². The Morgan fingerprint density at radius 1 is 1.15 bits per heavy atom. The molecule has 0 amide bonds. The number of hydrogen-bond donors (Lipinski definition) is 1. The summed E-state index contributed by atoms with van der Waals surface area (Å²) in [4.78, 5) is 7.86. The van der Waals surface area contributed by atoms with Crippen molar-refractivity contribution in [2.24, 2.45) is 0 Å². The van der Waals surface area contributed by atoms with Crippen molar-refractivity contribution in [1.29, 1.82) is 0 Å². The van der Waals surface area contributed by atoms with Gasteiger partial charge in [-0.05, 0) is 19.1 Å². The number of rotatable bonds is 3. The molecule has 106 valence electrons. The zero-order chi connectivity index (χ0) is 14.8. The number of aromatic nitrogens is 2. The Kier molecular flexibility index (Phi) is 3.87. The Labute approximate surface area is 112 Å². The molecule has 7 heteroatoms. The van der Waals surface area contributed by atoms with E-state index in [-0.39, 0.29) is 5.56 Å². The van der Waals surface area contributed by atoms with Gasteiger partial charge in [0.15, 0.2) is 0 Å². The molecule has 0 saturated carbocycles. The van der Waals surface area contributed by atoms with Crippen LogP contribution in [0.5, 0.6) is 0 Å². The molecule has 0 atom stereocenters. The van der Waals surface area contributed by atoms with E-state index in [0.717, 1.165) is 6.07 Å². The van der Waals surface area contributed by atoms with E-state index < -0.39 is 17.6 Å². The fourth-order valence-corrected chi connectivity index (χ4v) is 1.70. The van der Waals surface area contributed by atoms with Crippen LogP contribution in [0.3, 0.4) is 0 Å². The molecule has 0 saturated heterocycles. The van der Waals surface area contributed by atoms with Gasteiger partial charge in [0.05, 0.1) is 11.3 Å². The van der Waals surface area contributed by atoms with E-state index in [9.17, 15) is 17.6 Å². The molecule has 20 heavy (non-hydrogen) atoms. The first-order valence-electron chi connectivity index (χ1n) is 5.85. The lowest BCUT2D eigenvalue weighted by molar-refractivity contribution is -0.139. The summed E-state index contributed by atoms with van der Waals surface area (Å²) in [5.74, 6) is -0.795. The van der Waals surface area contributed by atoms with Crippen molar-refractivity contribution in [1.82, 2.24) is 9.97 Å². The van der Waals surface area contributed by atoms with Crippen LogP contribution in [0.2, 0.25) is 0 Å². The molecule has 0 spiro atoms. The lowest BCUT2D eigenvalue weighted by Crippen LogP contribution is -2.08. The van der Waals surface area contributed by atoms with Crippen molar-refractivity contribution in [3.63, 3.8) is 0 Å². The number of anilines is 1. The second-order valence-corrected chi connectivity index (χ2v) is 4.01. The van der Waals surface area contributed by atoms with Crippen molar-refractivity contribution in [3.05, 3.63) is 42.0 Å². The molecule has 3 nitrogen and oxygen atoms in total. The number of benzene rings is 1. The molecule has 0 aliphatic carbocycles. The zero-order valence-corrected chi connectivity index (χ0v) is 10.5. The maximum atomic E-state index is 13.5. The SMILES string of the molecule is CCNc1cc(-c2ccc(C(F)(F)F)c(F)c2)ncn1. The van der Waals surface area contributed by atoms with Crippen LogP contribution in [0.25, 0.3) is 11.3 Å². The second-order valence-electron chi connectivity index (χ2n) is 4.01. The number of hydrogen-bond acceptors (Lipinski definition) is 3. The quantitative estimate of drug-likeness (QED) is 0.873. The molecule has 0 bridgehead atoms. The van der Waals surface area contributed by atoms with Crippen molar-refractivity contribution >= 4 is 5.82 Å². The van der Waals surface area contributed by atoms with Gasteiger partial charge in [-0.15, -0.1) is 0 Å². The number of nitrogens with one attached hydrogen (secondary N) is 1. The second kappa shape index (κ2) is 5.44. The van der Waals surface area contributed by atoms with Gasteiger partial charge in [-0.1, -0.05) is 6.07 Å². The highest BCUT2D eigenvalue weighted by Crippen LogP contribution is 2.33. The Balaban J connectivity index is 2.39. The Morgan fingerprint density at radius 2 is 1.90 bits per heavy atom. The minimum absolute atomic E-state index is 0.261. The van der Waals surface area contributed by atoms with Crippen LogP contribution in [0.1, 0.15) is 12.5 Å². The molecule has 0 unspecified atom stereocenters. The average Bonchev–Trinajstić information content (AvgIpc) is 2.38. The van der Waals surface area contributed by atoms with Gasteiger partial charge in [-0.3, -0.25) is 0 Å². The molecule has 1 aromatic carbocycles. The van der Waals surface area contributed by atoms with Gasteiger partial charge in [0.25, 0.3) is 0 Å². The fourth-order valence-electron chi connectivity index (χ4n) is 1.70. The number of halogens is 4. The van der Waals surface area contributed by atoms with Crippen molar-refractivity contribution < 1.29 is 17.6 Å². The van der Waals surface area contributed by atoms with Gasteiger partial charge >= 0.3 is 6.18 Å². The minimum Gasteiger partial charge on any atom is -0.370 e. The summed E-state index contributed by atoms with van der Waals surface area (Å²) in [5, 5.41) is 2.94. The summed E-state index contributed by atoms with van der Waals surface area (Å²) in [6.45, 7) is 2.51. The average molecular weight is 285 g/mol. The van der Waals surface area contributed by atoms with E-state index in [4.69, 9.17) is 0 Å². The highest BCUT2D eigenvalue weighted by Gasteiger charge is 2.33. The normalized spacial score (nSPS) is 11.4. The summed E-state index contributed by atoms with van der Waals surface area (Å²) >= 11 is 0. The molecule has 0 aliphatic heterocycles. The van der Waals surface area contributed by atoms with Crippen LogP contribution in [0.4, 0.5) is 23.4 Å². The summed E-state index contributed by atoms with van der Waals surface area (Å²) in [6.07, 6.45) is -3.44. The van der Waals surface area contributed by atoms with E-state index in [1.165, 1.54) is 12.4 Å². The Hall–Kier alpha value is -2.18. The van der Waals surface area contributed by atoms with Crippen LogP contribution in [-0.2, 0) is 6.18 Å². The van der Waals surface area contributed by atoms with Crippen molar-refractivity contribution in [2.75, 3.05) is 11.9 Å². The van der Waals surface area contributed by atoms with Crippen LogP contribution in [0.15, 0.2) is 30.6 Å². The summed E-state index contributed by atoms with van der Waals surface area (Å²) in [7, 11) is 0. The van der Waals surface area contributed by atoms with E-state index >= 15 is 0 Å². The van der Waals surface area contributed by atoms with Crippen LogP contribution < -0.4 is 5.32 Å². The first-order valence-corrected chi connectivity index (χ1v) is 5.85.